The van der Waals surface area contributed by atoms with Crippen LogP contribution in [-0.2, 0) is 11.3 Å². The van der Waals surface area contributed by atoms with Crippen molar-refractivity contribution in [3.05, 3.63) is 17.3 Å². The van der Waals surface area contributed by atoms with Gasteiger partial charge in [-0.2, -0.15) is 0 Å². The van der Waals surface area contributed by atoms with Crippen LogP contribution in [0.4, 0.5) is 4.79 Å². The van der Waals surface area contributed by atoms with Crippen molar-refractivity contribution >= 4 is 12.0 Å². The number of oxazole rings is 1. The first-order valence-corrected chi connectivity index (χ1v) is 5.57. The fourth-order valence-electron chi connectivity index (χ4n) is 1.30. The van der Waals surface area contributed by atoms with Gasteiger partial charge in [0.25, 0.3) is 0 Å². The number of hydrogen-bond acceptors (Lipinski definition) is 4. The van der Waals surface area contributed by atoms with E-state index in [1.54, 1.807) is 13.8 Å². The molecule has 1 aromatic heterocycles. The van der Waals surface area contributed by atoms with Crippen molar-refractivity contribution < 1.29 is 19.1 Å². The summed E-state index contributed by atoms with van der Waals surface area (Å²) in [5, 5.41) is 13.5. The fourth-order valence-corrected chi connectivity index (χ4v) is 1.30. The number of nitrogens with one attached hydrogen (secondary N) is 2. The molecule has 7 heteroatoms. The topological polar surface area (TPSA) is 104 Å². The minimum Gasteiger partial charge on any atom is -0.480 e. The Kier molecular flexibility index (Phi) is 4.94. The highest BCUT2D eigenvalue weighted by molar-refractivity contribution is 5.82. The smallest absolute Gasteiger partial charge is 0.327 e. The van der Waals surface area contributed by atoms with Crippen molar-refractivity contribution in [1.29, 1.82) is 0 Å². The molecule has 0 saturated carbocycles. The zero-order chi connectivity index (χ0) is 14.4. The Hall–Kier alpha value is -2.49. The molecule has 0 aliphatic rings. The molecule has 1 aromatic rings. The van der Waals surface area contributed by atoms with Gasteiger partial charge in [0, 0.05) is 6.42 Å². The molecule has 0 saturated heterocycles. The first-order valence-electron chi connectivity index (χ1n) is 5.57. The number of urea groups is 1. The average molecular weight is 265 g/mol. The molecular weight excluding hydrogens is 250 g/mol. The quantitative estimate of drug-likeness (QED) is 0.675. The van der Waals surface area contributed by atoms with Crippen LogP contribution in [0.1, 0.15) is 23.8 Å². The first-order chi connectivity index (χ1) is 8.93. The summed E-state index contributed by atoms with van der Waals surface area (Å²) in [5.74, 6) is 2.03. The maximum Gasteiger partial charge on any atom is 0.327 e. The third-order valence-electron chi connectivity index (χ3n) is 2.40. The second-order valence-corrected chi connectivity index (χ2v) is 3.88. The van der Waals surface area contributed by atoms with E-state index in [0.29, 0.717) is 11.7 Å². The normalized spacial score (nSPS) is 11.4. The number of carbonyl (C=O) groups is 2. The predicted molar refractivity (Wildman–Crippen MR) is 66.2 cm³/mol. The van der Waals surface area contributed by atoms with Crippen molar-refractivity contribution in [3.8, 4) is 12.3 Å². The highest BCUT2D eigenvalue weighted by Crippen LogP contribution is 2.07. The molecule has 0 aliphatic carbocycles. The van der Waals surface area contributed by atoms with Gasteiger partial charge in [0.15, 0.2) is 0 Å². The number of aryl methyl sites for hydroxylation is 2. The standard InChI is InChI=1S/C12H15N3O4/c1-4-5-9(11(16)17)15-12(18)13-6-10-14-7(2)8(3)19-10/h1,9H,5-6H2,2-3H3,(H,16,17)(H2,13,15,18). The van der Waals surface area contributed by atoms with Gasteiger partial charge in [0.05, 0.1) is 12.2 Å². The van der Waals surface area contributed by atoms with Gasteiger partial charge < -0.3 is 20.2 Å². The maximum atomic E-state index is 11.5. The highest BCUT2D eigenvalue weighted by atomic mass is 16.4. The fraction of sp³-hybridized carbons (Fsp3) is 0.417. The highest BCUT2D eigenvalue weighted by Gasteiger charge is 2.18. The molecule has 2 amide bonds. The van der Waals surface area contributed by atoms with Gasteiger partial charge in [-0.05, 0) is 13.8 Å². The van der Waals surface area contributed by atoms with Crippen LogP contribution in [0.2, 0.25) is 0 Å². The summed E-state index contributed by atoms with van der Waals surface area (Å²) in [5.41, 5.74) is 0.743. The summed E-state index contributed by atoms with van der Waals surface area (Å²) in [4.78, 5) is 26.3. The van der Waals surface area contributed by atoms with Gasteiger partial charge in [0.1, 0.15) is 11.8 Å². The van der Waals surface area contributed by atoms with Crippen molar-refractivity contribution in [2.75, 3.05) is 0 Å². The summed E-state index contributed by atoms with van der Waals surface area (Å²) >= 11 is 0. The average Bonchev–Trinajstić information content (AvgIpc) is 2.65. The Bertz CT molecular complexity index is 496. The zero-order valence-corrected chi connectivity index (χ0v) is 10.7. The van der Waals surface area contributed by atoms with E-state index in [0.717, 1.165) is 5.69 Å². The van der Waals surface area contributed by atoms with E-state index >= 15 is 0 Å². The number of amides is 2. The molecule has 19 heavy (non-hydrogen) atoms. The van der Waals surface area contributed by atoms with Gasteiger partial charge in [-0.25, -0.2) is 14.6 Å². The van der Waals surface area contributed by atoms with Gasteiger partial charge in [-0.3, -0.25) is 0 Å². The molecule has 102 valence electrons. The Labute approximate surface area is 110 Å². The first kappa shape index (κ1) is 14.6. The van der Waals surface area contributed by atoms with Crippen LogP contribution in [0.3, 0.4) is 0 Å². The van der Waals surface area contributed by atoms with E-state index in [2.05, 4.69) is 21.5 Å². The van der Waals surface area contributed by atoms with Gasteiger partial charge in [0.2, 0.25) is 5.89 Å². The van der Waals surface area contributed by atoms with Crippen molar-refractivity contribution in [2.24, 2.45) is 0 Å². The third kappa shape index (κ3) is 4.35. The van der Waals surface area contributed by atoms with E-state index in [9.17, 15) is 9.59 Å². The maximum absolute atomic E-state index is 11.5. The molecule has 1 atom stereocenters. The number of carbonyl (C=O) groups excluding carboxylic acids is 1. The van der Waals surface area contributed by atoms with E-state index in [-0.39, 0.29) is 13.0 Å². The van der Waals surface area contributed by atoms with E-state index in [4.69, 9.17) is 15.9 Å². The summed E-state index contributed by atoms with van der Waals surface area (Å²) in [6.45, 7) is 3.62. The predicted octanol–water partition coefficient (Wildman–Crippen LogP) is 0.567. The lowest BCUT2D eigenvalue weighted by Gasteiger charge is -2.11. The van der Waals surface area contributed by atoms with Gasteiger partial charge in [-0.1, -0.05) is 0 Å². The van der Waals surface area contributed by atoms with E-state index in [1.807, 2.05) is 0 Å². The van der Waals surface area contributed by atoms with E-state index < -0.39 is 18.0 Å². The van der Waals surface area contributed by atoms with Crippen LogP contribution in [0.15, 0.2) is 4.42 Å². The molecular formula is C12H15N3O4. The number of aromatic nitrogens is 1. The van der Waals surface area contributed by atoms with Crippen LogP contribution in [-0.4, -0.2) is 28.1 Å². The van der Waals surface area contributed by atoms with E-state index in [1.165, 1.54) is 0 Å². The van der Waals surface area contributed by atoms with Crippen molar-refractivity contribution in [2.45, 2.75) is 32.9 Å². The van der Waals surface area contributed by atoms with Crippen LogP contribution in [0, 0.1) is 26.2 Å². The third-order valence-corrected chi connectivity index (χ3v) is 2.40. The Morgan fingerprint density at radius 3 is 2.68 bits per heavy atom. The molecule has 0 aliphatic heterocycles. The lowest BCUT2D eigenvalue weighted by Crippen LogP contribution is -2.45. The lowest BCUT2D eigenvalue weighted by atomic mass is 10.2. The number of hydrogen-bond donors (Lipinski definition) is 3. The monoisotopic (exact) mass is 265 g/mol. The van der Waals surface area contributed by atoms with Crippen molar-refractivity contribution in [1.82, 2.24) is 15.6 Å². The summed E-state index contributed by atoms with van der Waals surface area (Å²) in [7, 11) is 0. The Balaban J connectivity index is 2.47. The molecule has 0 radical (unpaired) electrons. The second-order valence-electron chi connectivity index (χ2n) is 3.88. The Morgan fingerprint density at radius 2 is 2.21 bits per heavy atom. The number of rotatable bonds is 5. The van der Waals surface area contributed by atoms with Crippen molar-refractivity contribution in [3.63, 3.8) is 0 Å². The van der Waals surface area contributed by atoms with Crippen LogP contribution in [0.5, 0.6) is 0 Å². The molecule has 3 N–H and O–H groups in total. The number of aliphatic carboxylic acids is 1. The molecule has 7 nitrogen and oxygen atoms in total. The largest absolute Gasteiger partial charge is 0.480 e. The molecule has 0 aromatic carbocycles. The van der Waals surface area contributed by atoms with Crippen LogP contribution >= 0.6 is 0 Å². The second kappa shape index (κ2) is 6.44. The number of terminal acetylenes is 1. The molecule has 0 bridgehead atoms. The summed E-state index contributed by atoms with van der Waals surface area (Å²) in [6.07, 6.45) is 4.93. The summed E-state index contributed by atoms with van der Waals surface area (Å²) in [6, 6.07) is -1.76. The number of carboxylic acids is 1. The molecule has 1 unspecified atom stereocenters. The minimum absolute atomic E-state index is 0.0723. The van der Waals surface area contributed by atoms with Crippen LogP contribution < -0.4 is 10.6 Å². The SMILES string of the molecule is C#CCC(NC(=O)NCc1nc(C)c(C)o1)C(=O)O. The minimum atomic E-state index is -1.18. The molecule has 0 fully saturated rings. The van der Waals surface area contributed by atoms with Crippen LogP contribution in [0.25, 0.3) is 0 Å². The lowest BCUT2D eigenvalue weighted by molar-refractivity contribution is -0.139. The molecule has 0 spiro atoms. The number of nitrogens with zero attached hydrogens (tertiary/aromatic N) is 1. The summed E-state index contributed by atoms with van der Waals surface area (Å²) < 4.78 is 5.26. The number of carboxylic acid groups (broad SMARTS) is 1. The zero-order valence-electron chi connectivity index (χ0n) is 10.7. The Morgan fingerprint density at radius 1 is 1.53 bits per heavy atom. The van der Waals surface area contributed by atoms with Gasteiger partial charge in [-0.15, -0.1) is 12.3 Å². The van der Waals surface area contributed by atoms with Gasteiger partial charge >= 0.3 is 12.0 Å². The molecule has 1 rings (SSSR count). The molecule has 1 heterocycles.